The number of hydrogen-bond acceptors (Lipinski definition) is 6. The van der Waals surface area contributed by atoms with Crippen molar-refractivity contribution in [3.63, 3.8) is 0 Å². The van der Waals surface area contributed by atoms with E-state index in [9.17, 15) is 19.8 Å². The molecule has 0 aliphatic heterocycles. The van der Waals surface area contributed by atoms with Crippen LogP contribution in [0.3, 0.4) is 0 Å². The number of aromatic hydroxyl groups is 2. The van der Waals surface area contributed by atoms with Gasteiger partial charge in [-0.25, -0.2) is 9.59 Å². The Morgan fingerprint density at radius 2 is 0.795 bits per heavy atom. The summed E-state index contributed by atoms with van der Waals surface area (Å²) in [5.41, 5.74) is 3.93. The molecule has 0 aliphatic carbocycles. The molecule has 6 heteroatoms. The maximum Gasteiger partial charge on any atom is 0.330 e. The van der Waals surface area contributed by atoms with Crippen molar-refractivity contribution < 1.29 is 29.3 Å². The first-order valence-corrected chi connectivity index (χ1v) is 15.5. The van der Waals surface area contributed by atoms with Crippen molar-refractivity contribution in [1.29, 1.82) is 0 Å². The molecule has 242 valence electrons. The van der Waals surface area contributed by atoms with E-state index in [0.717, 1.165) is 33.4 Å². The Kier molecular flexibility index (Phi) is 11.7. The highest BCUT2D eigenvalue weighted by Crippen LogP contribution is 2.41. The van der Waals surface area contributed by atoms with E-state index in [0.29, 0.717) is 24.3 Å². The number of phenols is 2. The molecule has 0 aromatic heterocycles. The number of ether oxygens (including phenoxy) is 2. The number of phenolic OH excluding ortho intramolecular Hbond substituents is 2. The fourth-order valence-electron chi connectivity index (χ4n) is 4.77. The molecular weight excluding hydrogens is 552 g/mol. The first-order valence-electron chi connectivity index (χ1n) is 15.5. The number of unbranched alkanes of at least 4 members (excludes halogenated alkanes) is 1. The fraction of sp³-hybridized carbons (Fsp3) is 0.526. The molecule has 6 nitrogen and oxygen atoms in total. The molecule has 2 aromatic carbocycles. The van der Waals surface area contributed by atoms with Crippen molar-refractivity contribution >= 4 is 24.1 Å². The molecule has 0 unspecified atom stereocenters. The smallest absolute Gasteiger partial charge is 0.330 e. The van der Waals surface area contributed by atoms with Gasteiger partial charge in [-0.15, -0.1) is 0 Å². The van der Waals surface area contributed by atoms with Gasteiger partial charge in [0.1, 0.15) is 11.5 Å². The Morgan fingerprint density at radius 1 is 0.545 bits per heavy atom. The van der Waals surface area contributed by atoms with Crippen LogP contribution in [0, 0.1) is 0 Å². The van der Waals surface area contributed by atoms with Crippen molar-refractivity contribution in [1.82, 2.24) is 0 Å². The molecule has 0 saturated heterocycles. The lowest BCUT2D eigenvalue weighted by Gasteiger charge is -2.27. The topological polar surface area (TPSA) is 93.1 Å². The molecule has 2 aromatic rings. The maximum absolute atomic E-state index is 12.3. The lowest BCUT2D eigenvalue weighted by atomic mass is 9.78. The quantitative estimate of drug-likeness (QED) is 0.168. The molecule has 0 aliphatic rings. The van der Waals surface area contributed by atoms with Crippen LogP contribution >= 0.6 is 0 Å². The van der Waals surface area contributed by atoms with Gasteiger partial charge in [0.2, 0.25) is 0 Å². The molecule has 44 heavy (non-hydrogen) atoms. The van der Waals surface area contributed by atoms with Gasteiger partial charge >= 0.3 is 11.9 Å². The van der Waals surface area contributed by atoms with E-state index in [2.05, 4.69) is 0 Å². The van der Waals surface area contributed by atoms with Gasteiger partial charge in [0.05, 0.1) is 13.2 Å². The van der Waals surface area contributed by atoms with Crippen LogP contribution in [-0.4, -0.2) is 35.4 Å². The van der Waals surface area contributed by atoms with Gasteiger partial charge in [-0.2, -0.15) is 0 Å². The third-order valence-corrected chi connectivity index (χ3v) is 7.35. The third-order valence-electron chi connectivity index (χ3n) is 7.35. The SMILES string of the molecule is CC(C)(C)c1cc(C=CC(=O)OCCCCOC(=O)C=Cc2cc(C(C)(C)C)c(O)c(C(C)(C)C)c2)cc(C(C)(C)C)c1O. The van der Waals surface area contributed by atoms with Crippen LogP contribution in [0.1, 0.15) is 129 Å². The van der Waals surface area contributed by atoms with Gasteiger partial charge in [0, 0.05) is 34.4 Å². The maximum atomic E-state index is 12.3. The monoisotopic (exact) mass is 606 g/mol. The molecule has 0 fully saturated rings. The molecule has 0 radical (unpaired) electrons. The predicted molar refractivity (Wildman–Crippen MR) is 180 cm³/mol. The second-order valence-electron chi connectivity index (χ2n) is 15.6. The summed E-state index contributed by atoms with van der Waals surface area (Å²) in [5, 5.41) is 21.8. The van der Waals surface area contributed by atoms with Crippen molar-refractivity contribution in [2.24, 2.45) is 0 Å². The number of rotatable bonds is 9. The van der Waals surface area contributed by atoms with Gasteiger partial charge in [-0.05, 0) is 82.0 Å². The summed E-state index contributed by atoms with van der Waals surface area (Å²) < 4.78 is 10.7. The number of carbonyl (C=O) groups is 2. The zero-order chi connectivity index (χ0) is 33.7. The number of carbonyl (C=O) groups excluding carboxylic acids is 2. The van der Waals surface area contributed by atoms with E-state index in [-0.39, 0.29) is 34.9 Å². The van der Waals surface area contributed by atoms with Gasteiger partial charge in [0.15, 0.2) is 0 Å². The highest BCUT2D eigenvalue weighted by Gasteiger charge is 2.27. The summed E-state index contributed by atoms with van der Waals surface area (Å²) in [6.45, 7) is 25.0. The Hall–Kier alpha value is -3.54. The average Bonchev–Trinajstić information content (AvgIpc) is 2.86. The molecule has 0 heterocycles. The summed E-state index contributed by atoms with van der Waals surface area (Å²) in [6.07, 6.45) is 7.33. The number of hydrogen-bond donors (Lipinski definition) is 2. The highest BCUT2D eigenvalue weighted by molar-refractivity contribution is 5.88. The first kappa shape index (κ1) is 36.7. The van der Waals surface area contributed by atoms with Gasteiger partial charge in [0.25, 0.3) is 0 Å². The minimum atomic E-state index is -0.453. The molecule has 0 bridgehead atoms. The van der Waals surface area contributed by atoms with Crippen LogP contribution in [0.5, 0.6) is 11.5 Å². The zero-order valence-electron chi connectivity index (χ0n) is 29.0. The van der Waals surface area contributed by atoms with Gasteiger partial charge < -0.3 is 19.7 Å². The standard InChI is InChI=1S/C38H54O6/c1-35(2,3)27-21-25(22-28(33(27)41)36(4,5)6)15-17-31(39)43-19-13-14-20-44-32(40)18-16-26-23-29(37(7,8)9)34(42)30(24-26)38(10,11)12/h15-18,21-24,41-42H,13-14,19-20H2,1-12H3. The summed E-state index contributed by atoms with van der Waals surface area (Å²) in [5.74, 6) is -0.312. The first-order chi connectivity index (χ1) is 20.0. The zero-order valence-corrected chi connectivity index (χ0v) is 29.0. The highest BCUT2D eigenvalue weighted by atomic mass is 16.5. The van der Waals surface area contributed by atoms with E-state index >= 15 is 0 Å². The normalized spacial score (nSPS) is 13.1. The minimum Gasteiger partial charge on any atom is -0.507 e. The Bertz CT molecular complexity index is 1200. The Labute approximate surface area is 265 Å². The van der Waals surface area contributed by atoms with Crippen LogP contribution in [0.4, 0.5) is 0 Å². The van der Waals surface area contributed by atoms with E-state index in [1.165, 1.54) is 12.2 Å². The predicted octanol–water partition coefficient (Wildman–Crippen LogP) is 8.88. The average molecular weight is 607 g/mol. The van der Waals surface area contributed by atoms with Crippen molar-refractivity contribution in [2.75, 3.05) is 13.2 Å². The van der Waals surface area contributed by atoms with Gasteiger partial charge in [-0.3, -0.25) is 0 Å². The summed E-state index contributed by atoms with van der Waals surface area (Å²) in [6, 6.07) is 7.63. The molecule has 0 amide bonds. The number of benzene rings is 2. The summed E-state index contributed by atoms with van der Waals surface area (Å²) >= 11 is 0. The summed E-state index contributed by atoms with van der Waals surface area (Å²) in [4.78, 5) is 24.7. The summed E-state index contributed by atoms with van der Waals surface area (Å²) in [7, 11) is 0. The van der Waals surface area contributed by atoms with Crippen molar-refractivity contribution in [2.45, 2.75) is 118 Å². The van der Waals surface area contributed by atoms with E-state index < -0.39 is 11.9 Å². The molecule has 0 saturated carbocycles. The lowest BCUT2D eigenvalue weighted by Crippen LogP contribution is -2.17. The third kappa shape index (κ3) is 10.6. The van der Waals surface area contributed by atoms with Crippen LogP contribution in [0.25, 0.3) is 12.2 Å². The van der Waals surface area contributed by atoms with Crippen LogP contribution in [-0.2, 0) is 40.7 Å². The van der Waals surface area contributed by atoms with E-state index in [1.807, 2.05) is 107 Å². The van der Waals surface area contributed by atoms with E-state index in [1.54, 1.807) is 12.2 Å². The second kappa shape index (κ2) is 14.0. The van der Waals surface area contributed by atoms with Crippen LogP contribution < -0.4 is 0 Å². The molecule has 0 atom stereocenters. The minimum absolute atomic E-state index is 0.214. The second-order valence-corrected chi connectivity index (χ2v) is 15.6. The largest absolute Gasteiger partial charge is 0.507 e. The Balaban J connectivity index is 1.90. The molecule has 2 rings (SSSR count). The van der Waals surface area contributed by atoms with Crippen LogP contribution in [0.15, 0.2) is 36.4 Å². The van der Waals surface area contributed by atoms with Gasteiger partial charge in [-0.1, -0.05) is 83.1 Å². The number of esters is 2. The van der Waals surface area contributed by atoms with Crippen LogP contribution in [0.2, 0.25) is 0 Å². The molecule has 2 N–H and O–H groups in total. The Morgan fingerprint density at radius 3 is 1.02 bits per heavy atom. The van der Waals surface area contributed by atoms with Crippen molar-refractivity contribution in [3.8, 4) is 11.5 Å². The molecule has 0 spiro atoms. The van der Waals surface area contributed by atoms with Crippen molar-refractivity contribution in [3.05, 3.63) is 69.8 Å². The van der Waals surface area contributed by atoms with E-state index in [4.69, 9.17) is 9.47 Å². The lowest BCUT2D eigenvalue weighted by molar-refractivity contribution is -0.140. The molecular formula is C38H54O6. The fourth-order valence-corrected chi connectivity index (χ4v) is 4.77.